The molecule has 0 saturated carbocycles. The fourth-order valence-electron chi connectivity index (χ4n) is 4.07. The van der Waals surface area contributed by atoms with Gasteiger partial charge in [0.25, 0.3) is 0 Å². The average molecular weight is 539 g/mol. The Hall–Kier alpha value is -4.09. The van der Waals surface area contributed by atoms with Crippen molar-refractivity contribution in [1.82, 2.24) is 25.2 Å². The number of carbonyl (C=O) groups excluding carboxylic acids is 1. The fraction of sp³-hybridized carbons (Fsp3) is 0.286. The monoisotopic (exact) mass is 538 g/mol. The zero-order chi connectivity index (χ0) is 28.2. The van der Waals surface area contributed by atoms with E-state index in [1.54, 1.807) is 10.7 Å². The molecular formula is C28H29F3N6O2. The molecular weight excluding hydrogens is 509 g/mol. The Bertz CT molecular complexity index is 1480. The van der Waals surface area contributed by atoms with Crippen LogP contribution in [0.4, 0.5) is 24.7 Å². The molecule has 11 heteroatoms. The van der Waals surface area contributed by atoms with Crippen LogP contribution in [0.5, 0.6) is 0 Å². The molecule has 0 aliphatic carbocycles. The lowest BCUT2D eigenvalue weighted by Crippen LogP contribution is -2.15. The van der Waals surface area contributed by atoms with Gasteiger partial charge in [-0.25, -0.2) is 9.97 Å². The number of hydroxylamine groups is 1. The van der Waals surface area contributed by atoms with Gasteiger partial charge in [-0.05, 0) is 61.2 Å². The Kier molecular flexibility index (Phi) is 8.41. The largest absolute Gasteiger partial charge is 0.416 e. The zero-order valence-electron chi connectivity index (χ0n) is 22.1. The SMILES string of the molecule is CCc1cc(-n2nc(C)cc2Nc2cc(CC(=O)c3cc(CNOC)cc(C(F)(F)F)c3)ccc2C)ncn1. The average Bonchev–Trinajstić information content (AvgIpc) is 3.28. The van der Waals surface area contributed by atoms with Gasteiger partial charge in [-0.3, -0.25) is 4.79 Å². The number of nitrogens with one attached hydrogen (secondary N) is 2. The molecule has 8 nitrogen and oxygen atoms in total. The highest BCUT2D eigenvalue weighted by molar-refractivity contribution is 5.98. The molecule has 0 bridgehead atoms. The smallest absolute Gasteiger partial charge is 0.340 e. The van der Waals surface area contributed by atoms with Crippen LogP contribution in [0, 0.1) is 13.8 Å². The summed E-state index contributed by atoms with van der Waals surface area (Å²) in [6.07, 6.45) is -2.40. The number of halogens is 3. The molecule has 0 aliphatic rings. The maximum Gasteiger partial charge on any atom is 0.416 e. The second kappa shape index (κ2) is 11.7. The number of benzene rings is 2. The van der Waals surface area contributed by atoms with Crippen molar-refractivity contribution in [3.63, 3.8) is 0 Å². The first-order chi connectivity index (χ1) is 18.6. The summed E-state index contributed by atoms with van der Waals surface area (Å²) in [5.41, 5.74) is 5.88. The van der Waals surface area contributed by atoms with E-state index in [0.29, 0.717) is 22.8 Å². The summed E-state index contributed by atoms with van der Waals surface area (Å²) in [7, 11) is 1.37. The van der Waals surface area contributed by atoms with Gasteiger partial charge < -0.3 is 10.2 Å². The Morgan fingerprint density at radius 2 is 1.82 bits per heavy atom. The predicted octanol–water partition coefficient (Wildman–Crippen LogP) is 5.68. The van der Waals surface area contributed by atoms with Gasteiger partial charge in [0.2, 0.25) is 0 Å². The molecule has 0 unspecified atom stereocenters. The van der Waals surface area contributed by atoms with Gasteiger partial charge in [-0.2, -0.15) is 28.4 Å². The highest BCUT2D eigenvalue weighted by Crippen LogP contribution is 2.31. The molecule has 39 heavy (non-hydrogen) atoms. The number of Topliss-reactive ketones (excluding diaryl/α,β-unsaturated/α-hetero) is 1. The third kappa shape index (κ3) is 6.87. The highest BCUT2D eigenvalue weighted by Gasteiger charge is 2.31. The minimum atomic E-state index is -4.58. The van der Waals surface area contributed by atoms with Crippen molar-refractivity contribution < 1.29 is 22.8 Å². The van der Waals surface area contributed by atoms with E-state index in [9.17, 15) is 18.0 Å². The molecule has 4 rings (SSSR count). The molecule has 0 spiro atoms. The third-order valence-electron chi connectivity index (χ3n) is 6.11. The van der Waals surface area contributed by atoms with E-state index in [1.165, 1.54) is 19.5 Å². The first-order valence-electron chi connectivity index (χ1n) is 12.3. The first-order valence-corrected chi connectivity index (χ1v) is 12.3. The van der Waals surface area contributed by atoms with Crippen molar-refractivity contribution in [2.45, 2.75) is 46.3 Å². The number of nitrogens with zero attached hydrogens (tertiary/aromatic N) is 4. The number of rotatable bonds is 10. The van der Waals surface area contributed by atoms with E-state index in [0.717, 1.165) is 41.2 Å². The lowest BCUT2D eigenvalue weighted by molar-refractivity contribution is -0.137. The summed E-state index contributed by atoms with van der Waals surface area (Å²) in [6, 6.07) is 12.6. The van der Waals surface area contributed by atoms with Gasteiger partial charge in [0.05, 0.1) is 18.4 Å². The van der Waals surface area contributed by atoms with Crippen molar-refractivity contribution in [2.75, 3.05) is 12.4 Å². The summed E-state index contributed by atoms with van der Waals surface area (Å²) in [5, 5.41) is 7.92. The Morgan fingerprint density at radius 1 is 1.03 bits per heavy atom. The molecule has 204 valence electrons. The van der Waals surface area contributed by atoms with Crippen LogP contribution >= 0.6 is 0 Å². The quantitative estimate of drug-likeness (QED) is 0.198. The second-order valence-electron chi connectivity index (χ2n) is 9.12. The Morgan fingerprint density at radius 3 is 2.54 bits per heavy atom. The maximum atomic E-state index is 13.5. The van der Waals surface area contributed by atoms with Crippen LogP contribution < -0.4 is 10.8 Å². The molecule has 0 radical (unpaired) electrons. The fourth-order valence-corrected chi connectivity index (χ4v) is 4.07. The molecule has 0 aliphatic heterocycles. The normalized spacial score (nSPS) is 11.6. The van der Waals surface area contributed by atoms with Gasteiger partial charge in [0, 0.05) is 42.0 Å². The molecule has 0 amide bonds. The van der Waals surface area contributed by atoms with Crippen LogP contribution in [0.25, 0.3) is 5.82 Å². The lowest BCUT2D eigenvalue weighted by Gasteiger charge is -2.14. The standard InChI is InChI=1S/C28H29F3N6O2/c1-5-23-14-26(33-16-32-23)37-27(8-18(3)36-37)35-24-11-19(7-6-17(24)2)12-25(38)21-9-20(15-34-39-4)10-22(13-21)28(29,30)31/h6-11,13-14,16,34-35H,5,12,15H2,1-4H3. The highest BCUT2D eigenvalue weighted by atomic mass is 19.4. The summed E-state index contributed by atoms with van der Waals surface area (Å²) < 4.78 is 42.1. The molecule has 2 aromatic carbocycles. The van der Waals surface area contributed by atoms with Crippen molar-refractivity contribution >= 4 is 17.3 Å². The van der Waals surface area contributed by atoms with E-state index >= 15 is 0 Å². The number of aryl methyl sites for hydroxylation is 3. The molecule has 2 heterocycles. The molecule has 2 aromatic heterocycles. The van der Waals surface area contributed by atoms with Crippen LogP contribution in [0.3, 0.4) is 0 Å². The Balaban J connectivity index is 1.60. The van der Waals surface area contributed by atoms with Gasteiger partial charge in [-0.1, -0.05) is 19.1 Å². The number of ketones is 1. The van der Waals surface area contributed by atoms with Crippen LogP contribution in [0.1, 0.15) is 50.9 Å². The second-order valence-corrected chi connectivity index (χ2v) is 9.12. The van der Waals surface area contributed by atoms with Crippen LogP contribution in [-0.2, 0) is 30.4 Å². The lowest BCUT2D eigenvalue weighted by atomic mass is 9.97. The van der Waals surface area contributed by atoms with Crippen molar-refractivity contribution in [3.8, 4) is 5.82 Å². The molecule has 4 aromatic rings. The summed E-state index contributed by atoms with van der Waals surface area (Å²) in [5.74, 6) is 0.862. The predicted molar refractivity (Wildman–Crippen MR) is 141 cm³/mol. The van der Waals surface area contributed by atoms with Crippen LogP contribution in [0.2, 0.25) is 0 Å². The van der Waals surface area contributed by atoms with E-state index < -0.39 is 17.5 Å². The number of alkyl halides is 3. The number of anilines is 2. The van der Waals surface area contributed by atoms with Crippen molar-refractivity contribution in [1.29, 1.82) is 0 Å². The van der Waals surface area contributed by atoms with Gasteiger partial charge in [0.15, 0.2) is 11.6 Å². The molecule has 0 saturated heterocycles. The van der Waals surface area contributed by atoms with E-state index in [-0.39, 0.29) is 18.5 Å². The number of aromatic nitrogens is 4. The number of hydrogen-bond acceptors (Lipinski definition) is 7. The third-order valence-corrected chi connectivity index (χ3v) is 6.11. The maximum absolute atomic E-state index is 13.5. The zero-order valence-corrected chi connectivity index (χ0v) is 22.1. The van der Waals surface area contributed by atoms with E-state index in [2.05, 4.69) is 25.9 Å². The van der Waals surface area contributed by atoms with Crippen LogP contribution in [-0.4, -0.2) is 32.6 Å². The van der Waals surface area contributed by atoms with E-state index in [1.807, 2.05) is 45.0 Å². The topological polar surface area (TPSA) is 94.0 Å². The first kappa shape index (κ1) is 27.9. The molecule has 0 fully saturated rings. The molecule has 2 N–H and O–H groups in total. The molecule has 0 atom stereocenters. The van der Waals surface area contributed by atoms with E-state index in [4.69, 9.17) is 4.84 Å². The number of carbonyl (C=O) groups is 1. The number of hydrogen-bond donors (Lipinski definition) is 2. The summed E-state index contributed by atoms with van der Waals surface area (Å²) >= 11 is 0. The Labute approximate surface area is 224 Å². The van der Waals surface area contributed by atoms with Crippen LogP contribution in [0.15, 0.2) is 54.9 Å². The summed E-state index contributed by atoms with van der Waals surface area (Å²) in [6.45, 7) is 5.82. The van der Waals surface area contributed by atoms with Crippen molar-refractivity contribution in [2.24, 2.45) is 0 Å². The minimum absolute atomic E-state index is 0.0167. The van der Waals surface area contributed by atoms with Crippen molar-refractivity contribution in [3.05, 3.63) is 94.1 Å². The minimum Gasteiger partial charge on any atom is -0.340 e. The van der Waals surface area contributed by atoms with Gasteiger partial charge in [-0.15, -0.1) is 0 Å². The summed E-state index contributed by atoms with van der Waals surface area (Å²) in [4.78, 5) is 26.5. The van der Waals surface area contributed by atoms with Gasteiger partial charge in [0.1, 0.15) is 12.1 Å². The van der Waals surface area contributed by atoms with Gasteiger partial charge >= 0.3 is 6.18 Å².